The Morgan fingerprint density at radius 1 is 0.886 bits per heavy atom. The van der Waals surface area contributed by atoms with Crippen LogP contribution >= 0.6 is 11.8 Å². The van der Waals surface area contributed by atoms with Gasteiger partial charge in [0.15, 0.2) is 5.16 Å². The van der Waals surface area contributed by atoms with Crippen LogP contribution in [0.4, 0.5) is 8.78 Å². The van der Waals surface area contributed by atoms with E-state index in [9.17, 15) is 18.4 Å². The minimum Gasteiger partial charge on any atom is -0.352 e. The standard InChI is InChI=1S/C27H25F2N3O2S/c28-20-11-9-19(10-12-20)18-30-25(33)8-2-1-5-17-35-27-31-24-7-4-3-6-23(24)26(34)32(27)22-15-13-21(29)14-16-22/h3-4,6-7,9-16H,1-2,5,8,17-18H2,(H,30,33). The summed E-state index contributed by atoms with van der Waals surface area (Å²) >= 11 is 1.47. The molecule has 0 fully saturated rings. The number of nitrogens with zero attached hydrogens (tertiary/aromatic N) is 2. The highest BCUT2D eigenvalue weighted by molar-refractivity contribution is 7.99. The summed E-state index contributed by atoms with van der Waals surface area (Å²) in [4.78, 5) is 29.9. The Balaban J connectivity index is 1.31. The Morgan fingerprint density at radius 3 is 2.31 bits per heavy atom. The highest BCUT2D eigenvalue weighted by Gasteiger charge is 2.13. The average Bonchev–Trinajstić information content (AvgIpc) is 2.87. The quantitative estimate of drug-likeness (QED) is 0.177. The van der Waals surface area contributed by atoms with Gasteiger partial charge in [-0.1, -0.05) is 42.4 Å². The molecule has 5 nitrogen and oxygen atoms in total. The van der Waals surface area contributed by atoms with Gasteiger partial charge in [0, 0.05) is 18.7 Å². The maximum Gasteiger partial charge on any atom is 0.266 e. The molecular weight excluding hydrogens is 468 g/mol. The van der Waals surface area contributed by atoms with Gasteiger partial charge in [-0.25, -0.2) is 13.8 Å². The van der Waals surface area contributed by atoms with Crippen LogP contribution < -0.4 is 10.9 Å². The van der Waals surface area contributed by atoms with Crippen molar-refractivity contribution in [1.82, 2.24) is 14.9 Å². The highest BCUT2D eigenvalue weighted by Crippen LogP contribution is 2.23. The lowest BCUT2D eigenvalue weighted by Crippen LogP contribution is -2.22. The summed E-state index contributed by atoms with van der Waals surface area (Å²) in [5.74, 6) is 0.0182. The van der Waals surface area contributed by atoms with Crippen molar-refractivity contribution in [1.29, 1.82) is 0 Å². The molecule has 3 aromatic carbocycles. The van der Waals surface area contributed by atoms with Crippen LogP contribution in [0, 0.1) is 11.6 Å². The van der Waals surface area contributed by atoms with Crippen LogP contribution in [0.1, 0.15) is 31.2 Å². The smallest absolute Gasteiger partial charge is 0.266 e. The first-order valence-corrected chi connectivity index (χ1v) is 12.4. The third-order valence-electron chi connectivity index (χ3n) is 5.51. The van der Waals surface area contributed by atoms with Crippen molar-refractivity contribution >= 4 is 28.6 Å². The second kappa shape index (κ2) is 11.8. The molecule has 0 bridgehead atoms. The number of fused-ring (bicyclic) bond motifs is 1. The second-order valence-electron chi connectivity index (χ2n) is 8.09. The molecule has 180 valence electrons. The number of rotatable bonds is 10. The Hall–Kier alpha value is -3.52. The summed E-state index contributed by atoms with van der Waals surface area (Å²) in [6.07, 6.45) is 2.86. The van der Waals surface area contributed by atoms with E-state index >= 15 is 0 Å². The summed E-state index contributed by atoms with van der Waals surface area (Å²) in [5, 5.41) is 3.91. The molecule has 1 amide bonds. The van der Waals surface area contributed by atoms with Gasteiger partial charge in [-0.05, 0) is 66.9 Å². The predicted octanol–water partition coefficient (Wildman–Crippen LogP) is 5.63. The number of unbranched alkanes of at least 4 members (excludes halogenated alkanes) is 2. The molecular formula is C27H25F2N3O2S. The molecule has 0 unspecified atom stereocenters. The van der Waals surface area contributed by atoms with Gasteiger partial charge in [0.05, 0.1) is 16.6 Å². The maximum absolute atomic E-state index is 13.4. The number of hydrogen-bond acceptors (Lipinski definition) is 4. The summed E-state index contributed by atoms with van der Waals surface area (Å²) < 4.78 is 27.9. The number of nitrogens with one attached hydrogen (secondary N) is 1. The van der Waals surface area contributed by atoms with E-state index in [1.807, 2.05) is 6.07 Å². The molecule has 4 rings (SSSR count). The predicted molar refractivity (Wildman–Crippen MR) is 135 cm³/mol. The fourth-order valence-corrected chi connectivity index (χ4v) is 4.66. The van der Waals surface area contributed by atoms with Crippen LogP contribution in [0.5, 0.6) is 0 Å². The number of amides is 1. The van der Waals surface area contributed by atoms with Crippen LogP contribution in [-0.4, -0.2) is 21.2 Å². The van der Waals surface area contributed by atoms with Crippen LogP contribution in [-0.2, 0) is 11.3 Å². The Bertz CT molecular complexity index is 1360. The van der Waals surface area contributed by atoms with E-state index < -0.39 is 0 Å². The van der Waals surface area contributed by atoms with E-state index in [2.05, 4.69) is 10.3 Å². The van der Waals surface area contributed by atoms with Gasteiger partial charge in [0.2, 0.25) is 5.91 Å². The third kappa shape index (κ3) is 6.54. The highest BCUT2D eigenvalue weighted by atomic mass is 32.2. The number of aromatic nitrogens is 2. The Labute approximate surface area is 206 Å². The molecule has 0 aliphatic rings. The van der Waals surface area contributed by atoms with Crippen molar-refractivity contribution in [3.63, 3.8) is 0 Å². The van der Waals surface area contributed by atoms with Crippen molar-refractivity contribution in [3.05, 3.63) is 100 Å². The minimum absolute atomic E-state index is 0.0386. The normalized spacial score (nSPS) is 11.0. The number of para-hydroxylation sites is 1. The molecule has 1 N–H and O–H groups in total. The fourth-order valence-electron chi connectivity index (χ4n) is 3.65. The van der Waals surface area contributed by atoms with Crippen molar-refractivity contribution in [2.75, 3.05) is 5.75 Å². The lowest BCUT2D eigenvalue weighted by atomic mass is 10.2. The van der Waals surface area contributed by atoms with E-state index in [0.717, 1.165) is 30.6 Å². The monoisotopic (exact) mass is 493 g/mol. The summed E-state index contributed by atoms with van der Waals surface area (Å²) in [6.45, 7) is 0.378. The number of hydrogen-bond donors (Lipinski definition) is 1. The molecule has 0 saturated carbocycles. The lowest BCUT2D eigenvalue weighted by Gasteiger charge is -2.13. The zero-order valence-electron chi connectivity index (χ0n) is 19.0. The number of benzene rings is 3. The fraction of sp³-hybridized carbons (Fsp3) is 0.222. The molecule has 0 atom stereocenters. The van der Waals surface area contributed by atoms with Crippen LogP contribution in [0.3, 0.4) is 0 Å². The first-order chi connectivity index (χ1) is 17.0. The second-order valence-corrected chi connectivity index (χ2v) is 9.15. The van der Waals surface area contributed by atoms with E-state index in [0.29, 0.717) is 34.7 Å². The first-order valence-electron chi connectivity index (χ1n) is 11.4. The third-order valence-corrected chi connectivity index (χ3v) is 6.54. The molecule has 4 aromatic rings. The van der Waals surface area contributed by atoms with Gasteiger partial charge in [0.1, 0.15) is 11.6 Å². The molecule has 0 aliphatic heterocycles. The largest absolute Gasteiger partial charge is 0.352 e. The maximum atomic E-state index is 13.4. The van der Waals surface area contributed by atoms with E-state index in [-0.39, 0.29) is 23.1 Å². The Morgan fingerprint density at radius 2 is 1.57 bits per heavy atom. The number of thioether (sulfide) groups is 1. The SMILES string of the molecule is O=C(CCCCCSc1nc2ccccc2c(=O)n1-c1ccc(F)cc1)NCc1ccc(F)cc1. The average molecular weight is 494 g/mol. The van der Waals surface area contributed by atoms with Gasteiger partial charge >= 0.3 is 0 Å². The molecule has 0 aliphatic carbocycles. The van der Waals surface area contributed by atoms with E-state index in [1.165, 1.54) is 40.6 Å². The number of carbonyl (C=O) groups is 1. The van der Waals surface area contributed by atoms with E-state index in [1.54, 1.807) is 42.5 Å². The molecule has 0 spiro atoms. The first kappa shape index (κ1) is 24.6. The summed E-state index contributed by atoms with van der Waals surface area (Å²) in [7, 11) is 0. The molecule has 35 heavy (non-hydrogen) atoms. The van der Waals surface area contributed by atoms with Crippen molar-refractivity contribution in [2.24, 2.45) is 0 Å². The van der Waals surface area contributed by atoms with Crippen molar-refractivity contribution in [2.45, 2.75) is 37.4 Å². The lowest BCUT2D eigenvalue weighted by molar-refractivity contribution is -0.121. The van der Waals surface area contributed by atoms with Gasteiger partial charge in [-0.15, -0.1) is 0 Å². The van der Waals surface area contributed by atoms with Gasteiger partial charge in [-0.2, -0.15) is 0 Å². The van der Waals surface area contributed by atoms with Gasteiger partial charge in [-0.3, -0.25) is 14.2 Å². The van der Waals surface area contributed by atoms with E-state index in [4.69, 9.17) is 0 Å². The van der Waals surface area contributed by atoms with Crippen LogP contribution in [0.2, 0.25) is 0 Å². The van der Waals surface area contributed by atoms with Crippen molar-refractivity contribution in [3.8, 4) is 5.69 Å². The molecule has 0 radical (unpaired) electrons. The molecule has 1 heterocycles. The minimum atomic E-state index is -0.369. The zero-order chi connectivity index (χ0) is 24.6. The molecule has 0 saturated heterocycles. The topological polar surface area (TPSA) is 64.0 Å². The zero-order valence-corrected chi connectivity index (χ0v) is 19.9. The summed E-state index contributed by atoms with van der Waals surface area (Å²) in [5.41, 5.74) is 1.85. The van der Waals surface area contributed by atoms with Crippen LogP contribution in [0.25, 0.3) is 16.6 Å². The Kier molecular flexibility index (Phi) is 8.26. The summed E-state index contributed by atoms with van der Waals surface area (Å²) in [6, 6.07) is 19.0. The van der Waals surface area contributed by atoms with Crippen LogP contribution in [0.15, 0.2) is 82.7 Å². The number of halogens is 2. The molecule has 8 heteroatoms. The number of carbonyl (C=O) groups excluding carboxylic acids is 1. The van der Waals surface area contributed by atoms with Gasteiger partial charge in [0.25, 0.3) is 5.56 Å². The van der Waals surface area contributed by atoms with Crippen molar-refractivity contribution < 1.29 is 13.6 Å². The van der Waals surface area contributed by atoms with Gasteiger partial charge < -0.3 is 5.32 Å². The molecule has 1 aromatic heterocycles.